The highest BCUT2D eigenvalue weighted by molar-refractivity contribution is 7.20. The van der Waals surface area contributed by atoms with Crippen molar-refractivity contribution in [3.8, 4) is 0 Å². The van der Waals surface area contributed by atoms with Crippen LogP contribution in [-0.4, -0.2) is 18.2 Å². The molecule has 0 radical (unpaired) electrons. The molecule has 0 spiro atoms. The van der Waals surface area contributed by atoms with E-state index in [-0.39, 0.29) is 12.1 Å². The summed E-state index contributed by atoms with van der Waals surface area (Å²) in [7, 11) is 0. The summed E-state index contributed by atoms with van der Waals surface area (Å²) in [5, 5.41) is 2.45. The van der Waals surface area contributed by atoms with E-state index in [1.165, 1.54) is 10.8 Å². The van der Waals surface area contributed by atoms with Crippen molar-refractivity contribution in [1.29, 1.82) is 0 Å². The van der Waals surface area contributed by atoms with E-state index in [9.17, 15) is 57.5 Å². The standard InChI is InChI=1S/C24BF20.C20H20NO2/c26-5-1(6(27)14(35)21(42)13(5)34)25(2-7(28)15(36)22(43)16(37)8(2)29,3-9(30)17(38)23(44)18(39)10(3)31)4-11(32)19(40)24(45)20(41)12(4)33;1-15(2)23-20(22)18-9-7-16(8-10-18)13-21-12-11-17-5-3-4-6-19(17)14-21/h;3-12,14-15H,13H2,1-2H3/q-1;+1. The second-order valence-electron chi connectivity index (χ2n) is 14.7. The second kappa shape index (κ2) is 18.9. The number of aromatic nitrogens is 1. The van der Waals surface area contributed by atoms with Gasteiger partial charge >= 0.3 is 5.97 Å². The van der Waals surface area contributed by atoms with Crippen LogP contribution < -0.4 is 26.4 Å². The summed E-state index contributed by atoms with van der Waals surface area (Å²) in [6.07, 6.45) is -3.11. The van der Waals surface area contributed by atoms with Gasteiger partial charge in [0.1, 0.15) is 52.7 Å². The van der Waals surface area contributed by atoms with Gasteiger partial charge in [0.2, 0.25) is 0 Å². The first-order valence-corrected chi connectivity index (χ1v) is 18.7. The van der Waals surface area contributed by atoms with Gasteiger partial charge in [-0.15, -0.1) is 21.9 Å². The predicted molar refractivity (Wildman–Crippen MR) is 199 cm³/mol. The van der Waals surface area contributed by atoms with Crippen molar-refractivity contribution in [3.05, 3.63) is 194 Å². The highest BCUT2D eigenvalue weighted by Gasteiger charge is 2.52. The molecule has 0 aliphatic rings. The van der Waals surface area contributed by atoms with Crippen molar-refractivity contribution in [2.24, 2.45) is 0 Å². The van der Waals surface area contributed by atoms with Crippen LogP contribution in [0.15, 0.2) is 67.0 Å². The number of benzene rings is 6. The number of pyridine rings is 1. The smallest absolute Gasteiger partial charge is 0.338 e. The normalized spacial score (nSPS) is 11.6. The molecule has 0 saturated heterocycles. The van der Waals surface area contributed by atoms with Crippen LogP contribution in [0.3, 0.4) is 0 Å². The molecule has 0 bridgehead atoms. The van der Waals surface area contributed by atoms with Gasteiger partial charge < -0.3 is 4.74 Å². The third kappa shape index (κ3) is 8.22. The largest absolute Gasteiger partial charge is 0.459 e. The molecule has 0 amide bonds. The van der Waals surface area contributed by atoms with Crippen LogP contribution in [-0.2, 0) is 11.3 Å². The minimum atomic E-state index is -7.22. The van der Waals surface area contributed by atoms with Gasteiger partial charge in [-0.1, -0.05) is 30.3 Å². The fourth-order valence-corrected chi connectivity index (χ4v) is 7.39. The van der Waals surface area contributed by atoms with Gasteiger partial charge in [-0.25, -0.2) is 97.2 Å². The Kier molecular flexibility index (Phi) is 13.9. The number of nitrogens with zero attached hydrogens (tertiary/aromatic N) is 1. The minimum Gasteiger partial charge on any atom is -0.459 e. The number of halogens is 20. The maximum absolute atomic E-state index is 15.4. The van der Waals surface area contributed by atoms with E-state index in [4.69, 9.17) is 4.74 Å². The lowest BCUT2D eigenvalue weighted by molar-refractivity contribution is -0.687. The molecule has 7 rings (SSSR count). The number of hydrogen-bond acceptors (Lipinski definition) is 2. The fraction of sp³-hybridized carbons (Fsp3) is 0.0909. The third-order valence-electron chi connectivity index (χ3n) is 10.4. The van der Waals surface area contributed by atoms with Crippen molar-refractivity contribution in [1.82, 2.24) is 0 Å². The first-order valence-electron chi connectivity index (χ1n) is 18.7. The maximum atomic E-state index is 15.4. The lowest BCUT2D eigenvalue weighted by Crippen LogP contribution is -2.81. The number of hydrogen-bond donors (Lipinski definition) is 0. The molecule has 24 heteroatoms. The van der Waals surface area contributed by atoms with Crippen molar-refractivity contribution in [3.63, 3.8) is 0 Å². The Hall–Kier alpha value is -7.14. The van der Waals surface area contributed by atoms with Crippen molar-refractivity contribution < 1.29 is 102 Å². The van der Waals surface area contributed by atoms with Crippen LogP contribution in [0.4, 0.5) is 87.8 Å². The average molecular weight is 985 g/mol. The van der Waals surface area contributed by atoms with Crippen LogP contribution in [0, 0.1) is 116 Å². The zero-order chi connectivity index (χ0) is 50.6. The van der Waals surface area contributed by atoms with Crippen LogP contribution in [0.2, 0.25) is 0 Å². The van der Waals surface area contributed by atoms with Gasteiger partial charge in [0.05, 0.1) is 11.7 Å². The summed E-state index contributed by atoms with van der Waals surface area (Å²) in [6, 6.07) is 18.0. The zero-order valence-electron chi connectivity index (χ0n) is 33.5. The van der Waals surface area contributed by atoms with Crippen LogP contribution in [0.1, 0.15) is 29.8 Å². The molecule has 0 aliphatic carbocycles. The second-order valence-corrected chi connectivity index (χ2v) is 14.7. The molecule has 1 aromatic heterocycles. The molecule has 6 aromatic carbocycles. The SMILES string of the molecule is CC(C)OC(=O)c1ccc(C[n+]2ccc3ccccc3c2)cc1.Fc1c(F)c(F)c([B-](c2c(F)c(F)c(F)c(F)c2F)(c2c(F)c(F)c(F)c(F)c2F)c2c(F)c(F)c(F)c(F)c2F)c(F)c1F. The quantitative estimate of drug-likeness (QED) is 0.0380. The summed E-state index contributed by atoms with van der Waals surface area (Å²) in [5.41, 5.74) is -12.6. The third-order valence-corrected chi connectivity index (χ3v) is 10.4. The van der Waals surface area contributed by atoms with Gasteiger partial charge in [0.15, 0.2) is 88.7 Å². The summed E-state index contributed by atoms with van der Waals surface area (Å²) >= 11 is 0. The molecule has 356 valence electrons. The number of fused-ring (bicyclic) bond motifs is 1. The van der Waals surface area contributed by atoms with Gasteiger partial charge in [-0.05, 0) is 37.4 Å². The summed E-state index contributed by atoms with van der Waals surface area (Å²) in [6.45, 7) is 4.47. The van der Waals surface area contributed by atoms with E-state index in [0.29, 0.717) is 5.56 Å². The monoisotopic (exact) mass is 985 g/mol. The highest BCUT2D eigenvalue weighted by Crippen LogP contribution is 2.31. The zero-order valence-corrected chi connectivity index (χ0v) is 33.5. The summed E-state index contributed by atoms with van der Waals surface area (Å²) in [4.78, 5) is 11.8. The molecule has 0 atom stereocenters. The average Bonchev–Trinajstić information content (AvgIpc) is 3.31. The highest BCUT2D eigenvalue weighted by atomic mass is 19.2. The Morgan fingerprint density at radius 1 is 0.426 bits per heavy atom. The lowest BCUT2D eigenvalue weighted by atomic mass is 9.12. The molecule has 0 N–H and O–H groups in total. The molecule has 0 unspecified atom stereocenters. The first kappa shape index (κ1) is 50.3. The van der Waals surface area contributed by atoms with Gasteiger partial charge in [-0.2, -0.15) is 0 Å². The molecule has 68 heavy (non-hydrogen) atoms. The van der Waals surface area contributed by atoms with Crippen molar-refractivity contribution in [2.75, 3.05) is 0 Å². The summed E-state index contributed by atoms with van der Waals surface area (Å²) < 4.78 is 301. The van der Waals surface area contributed by atoms with Gasteiger partial charge in [0.25, 0.3) is 0 Å². The molecule has 0 fully saturated rings. The van der Waals surface area contributed by atoms with Crippen molar-refractivity contribution in [2.45, 2.75) is 26.5 Å². The topological polar surface area (TPSA) is 30.2 Å². The Labute approximate surface area is 367 Å². The predicted octanol–water partition coefficient (Wildman–Crippen LogP) is 9.59. The van der Waals surface area contributed by atoms with Crippen LogP contribution >= 0.6 is 0 Å². The Bertz CT molecular complexity index is 2800. The van der Waals surface area contributed by atoms with E-state index < -0.39 is 144 Å². The minimum absolute atomic E-state index is 0.102. The van der Waals surface area contributed by atoms with Crippen LogP contribution in [0.5, 0.6) is 0 Å². The van der Waals surface area contributed by atoms with E-state index in [0.717, 1.165) is 12.1 Å². The molecule has 0 saturated carbocycles. The number of rotatable bonds is 8. The molecule has 3 nitrogen and oxygen atoms in total. The van der Waals surface area contributed by atoms with E-state index >= 15 is 35.1 Å². The van der Waals surface area contributed by atoms with Gasteiger partial charge in [-0.3, -0.25) is 0 Å². The van der Waals surface area contributed by atoms with Gasteiger partial charge in [0, 0.05) is 17.0 Å². The van der Waals surface area contributed by atoms with Crippen LogP contribution in [0.25, 0.3) is 10.8 Å². The molecule has 0 aliphatic heterocycles. The fourth-order valence-electron chi connectivity index (χ4n) is 7.39. The number of ether oxygens (including phenoxy) is 1. The summed E-state index contributed by atoms with van der Waals surface area (Å²) in [5.74, 6) is -71.7. The Morgan fingerprint density at radius 3 is 1.03 bits per heavy atom. The molecule has 1 heterocycles. The lowest BCUT2D eigenvalue weighted by Gasteiger charge is -2.44. The number of carbonyl (C=O) groups is 1. The Morgan fingerprint density at radius 2 is 0.721 bits per heavy atom. The van der Waals surface area contributed by atoms with E-state index in [2.05, 4.69) is 35.2 Å². The molecule has 7 aromatic rings. The number of esters is 1. The first-order chi connectivity index (χ1) is 31.8. The Balaban J connectivity index is 0.000000276. The molecular weight excluding hydrogens is 965 g/mol. The van der Waals surface area contributed by atoms with E-state index in [1.54, 1.807) is 0 Å². The molecular formula is C44H20BF20NO2. The van der Waals surface area contributed by atoms with E-state index in [1.807, 2.05) is 50.2 Å². The van der Waals surface area contributed by atoms with Crippen molar-refractivity contribution >= 4 is 44.7 Å². The number of carbonyl (C=O) groups excluding carboxylic acids is 1. The maximum Gasteiger partial charge on any atom is 0.338 e.